The molecule has 34 heavy (non-hydrogen) atoms. The first-order valence-electron chi connectivity index (χ1n) is 10.8. The lowest BCUT2D eigenvalue weighted by atomic mass is 9.57. The van der Waals surface area contributed by atoms with E-state index in [1.807, 2.05) is 6.08 Å². The third kappa shape index (κ3) is 2.84. The highest BCUT2D eigenvalue weighted by molar-refractivity contribution is 6.53. The fourth-order valence-corrected chi connectivity index (χ4v) is 6.88. The molecule has 0 aromatic heterocycles. The molecule has 0 unspecified atom stereocenters. The maximum Gasteiger partial charge on any atom is 0.253 e. The van der Waals surface area contributed by atoms with Gasteiger partial charge >= 0.3 is 0 Å². The van der Waals surface area contributed by atoms with Gasteiger partial charge in [-0.05, 0) is 36.5 Å². The van der Waals surface area contributed by atoms with Gasteiger partial charge in [-0.1, -0.05) is 29.9 Å². The summed E-state index contributed by atoms with van der Waals surface area (Å²) in [5.41, 5.74) is 1.38. The first kappa shape index (κ1) is 22.9. The van der Waals surface area contributed by atoms with Crippen LogP contribution in [-0.4, -0.2) is 57.5 Å². The molecule has 0 bridgehead atoms. The Morgan fingerprint density at radius 2 is 1.88 bits per heavy atom. The molecule has 178 valence electrons. The molecular weight excluding hydrogens is 483 g/mol. The van der Waals surface area contributed by atoms with E-state index in [4.69, 9.17) is 27.9 Å². The van der Waals surface area contributed by atoms with E-state index in [-0.39, 0.29) is 23.8 Å². The number of nitrogens with one attached hydrogen (secondary N) is 1. The van der Waals surface area contributed by atoms with E-state index in [9.17, 15) is 24.3 Å². The van der Waals surface area contributed by atoms with Crippen molar-refractivity contribution in [3.8, 4) is 11.5 Å². The maximum atomic E-state index is 13.3. The number of phenols is 1. The third-order valence-electron chi connectivity index (χ3n) is 7.60. The Morgan fingerprint density at radius 1 is 1.15 bits per heavy atom. The van der Waals surface area contributed by atoms with Crippen molar-refractivity contribution < 1.29 is 29.0 Å². The minimum atomic E-state index is -1.80. The Hall–Kier alpha value is -2.84. The normalized spacial score (nSPS) is 36.8. The average molecular weight is 505 g/mol. The Balaban J connectivity index is 1.65. The minimum absolute atomic E-state index is 0.0258. The molecule has 2 aliphatic heterocycles. The molecule has 10 heteroatoms. The van der Waals surface area contributed by atoms with Crippen LogP contribution in [0.3, 0.4) is 0 Å². The first-order chi connectivity index (χ1) is 16.0. The van der Waals surface area contributed by atoms with Crippen molar-refractivity contribution in [3.63, 3.8) is 0 Å². The van der Waals surface area contributed by atoms with Crippen molar-refractivity contribution in [3.05, 3.63) is 41.5 Å². The second kappa shape index (κ2) is 7.58. The van der Waals surface area contributed by atoms with Gasteiger partial charge in [-0.2, -0.15) is 0 Å². The monoisotopic (exact) mass is 504 g/mol. The molecule has 1 saturated carbocycles. The topological polar surface area (TPSA) is 113 Å². The van der Waals surface area contributed by atoms with E-state index in [1.165, 1.54) is 20.2 Å². The van der Waals surface area contributed by atoms with Crippen molar-refractivity contribution in [2.45, 2.75) is 22.6 Å². The van der Waals surface area contributed by atoms with Gasteiger partial charge in [0.2, 0.25) is 11.8 Å². The number of methoxy groups -OCH3 is 1. The predicted molar refractivity (Wildman–Crippen MR) is 123 cm³/mol. The summed E-state index contributed by atoms with van der Waals surface area (Å²) in [4.78, 5) is 48.8. The number of nitrogens with zero attached hydrogens (tertiary/aromatic N) is 1. The van der Waals surface area contributed by atoms with E-state index in [1.54, 1.807) is 24.3 Å². The standard InChI is InChI=1S/C24H22Cl2N2O6/c1-28-21(32)23(25)10-14-12(5-6-13-18(14)20(31)27-19(13)30)15(24(23,26)22(28)33)7-3-11-4-8-16(29)17(9-11)34-2/h3-5,7-9,13-15,18,29H,6,10H2,1-2H3,(H,27,30,31)/t13-,14+,15-,18-,23+,24-/m0/s1. The molecule has 2 aliphatic carbocycles. The van der Waals surface area contributed by atoms with Crippen LogP contribution >= 0.6 is 23.2 Å². The zero-order chi connectivity index (χ0) is 24.6. The molecule has 5 rings (SSSR count). The zero-order valence-corrected chi connectivity index (χ0v) is 19.9. The van der Waals surface area contributed by atoms with Crippen LogP contribution in [0.1, 0.15) is 18.4 Å². The van der Waals surface area contributed by atoms with Gasteiger partial charge in [0, 0.05) is 13.0 Å². The lowest BCUT2D eigenvalue weighted by molar-refractivity contribution is -0.138. The Bertz CT molecular complexity index is 1210. The number of likely N-dealkylation sites (tertiary alicyclic amines) is 1. The average Bonchev–Trinajstić information content (AvgIpc) is 3.17. The summed E-state index contributed by atoms with van der Waals surface area (Å²) in [5.74, 6) is -4.29. The van der Waals surface area contributed by atoms with Gasteiger partial charge < -0.3 is 9.84 Å². The number of amides is 4. The van der Waals surface area contributed by atoms with Crippen LogP contribution in [0.25, 0.3) is 6.08 Å². The summed E-state index contributed by atoms with van der Waals surface area (Å²) in [6.07, 6.45) is 5.56. The van der Waals surface area contributed by atoms with E-state index < -0.39 is 51.1 Å². The number of allylic oxidation sites excluding steroid dienone is 3. The van der Waals surface area contributed by atoms with Crippen LogP contribution in [0, 0.1) is 23.7 Å². The van der Waals surface area contributed by atoms with Crippen molar-refractivity contribution >= 4 is 52.9 Å². The summed E-state index contributed by atoms with van der Waals surface area (Å²) in [6.45, 7) is 0. The second-order valence-electron chi connectivity index (χ2n) is 9.19. The number of carbonyl (C=O) groups excluding carboxylic acids is 4. The molecule has 1 aromatic carbocycles. The molecule has 1 aromatic rings. The number of hydrogen-bond acceptors (Lipinski definition) is 6. The first-order valence-corrected chi connectivity index (χ1v) is 11.6. The van der Waals surface area contributed by atoms with Gasteiger partial charge in [-0.3, -0.25) is 29.4 Å². The molecule has 0 spiro atoms. The van der Waals surface area contributed by atoms with Crippen LogP contribution in [-0.2, 0) is 19.2 Å². The van der Waals surface area contributed by atoms with Crippen LogP contribution in [0.4, 0.5) is 0 Å². The molecule has 3 fully saturated rings. The van der Waals surface area contributed by atoms with Gasteiger partial charge in [0.05, 0.1) is 18.9 Å². The SMILES string of the molecule is COc1cc(C=C[C@H]2C3=CC[C@@H]4C(=O)NC(=O)[C@@H]4[C@@H]3C[C@@]3(Cl)C(=O)N(C)C(=O)[C@@]23Cl)ccc1O. The molecule has 6 atom stereocenters. The predicted octanol–water partition coefficient (Wildman–Crippen LogP) is 2.22. The molecular formula is C24H22Cl2N2O6. The number of rotatable bonds is 3. The number of ether oxygens (including phenoxy) is 1. The van der Waals surface area contributed by atoms with E-state index in [0.717, 1.165) is 10.5 Å². The number of fused-ring (bicyclic) bond motifs is 4. The van der Waals surface area contributed by atoms with Crippen molar-refractivity contribution in [2.24, 2.45) is 23.7 Å². The minimum Gasteiger partial charge on any atom is -0.504 e. The van der Waals surface area contributed by atoms with Crippen LogP contribution < -0.4 is 10.1 Å². The number of aromatic hydroxyl groups is 1. The summed E-state index contributed by atoms with van der Waals surface area (Å²) < 4.78 is 5.16. The van der Waals surface area contributed by atoms with Crippen LogP contribution in [0.15, 0.2) is 35.9 Å². The Labute approximate surface area is 205 Å². The van der Waals surface area contributed by atoms with Crippen molar-refractivity contribution in [1.29, 1.82) is 0 Å². The van der Waals surface area contributed by atoms with E-state index in [2.05, 4.69) is 5.32 Å². The highest BCUT2D eigenvalue weighted by Crippen LogP contribution is 2.62. The van der Waals surface area contributed by atoms with Gasteiger partial charge in [0.15, 0.2) is 21.2 Å². The molecule has 8 nitrogen and oxygen atoms in total. The Morgan fingerprint density at radius 3 is 2.59 bits per heavy atom. The summed E-state index contributed by atoms with van der Waals surface area (Å²) in [5, 5.41) is 12.3. The number of benzene rings is 1. The lowest BCUT2D eigenvalue weighted by Crippen LogP contribution is -2.60. The molecule has 4 amide bonds. The smallest absolute Gasteiger partial charge is 0.253 e. The highest BCUT2D eigenvalue weighted by atomic mass is 35.5. The number of halogens is 2. The molecule has 0 radical (unpaired) electrons. The maximum absolute atomic E-state index is 13.3. The molecule has 2 saturated heterocycles. The summed E-state index contributed by atoms with van der Waals surface area (Å²) >= 11 is 13.9. The van der Waals surface area contributed by atoms with Gasteiger partial charge in [0.1, 0.15) is 0 Å². The van der Waals surface area contributed by atoms with Gasteiger partial charge in [-0.25, -0.2) is 0 Å². The largest absolute Gasteiger partial charge is 0.504 e. The van der Waals surface area contributed by atoms with Gasteiger partial charge in [0.25, 0.3) is 11.8 Å². The fourth-order valence-electron chi connectivity index (χ4n) is 5.91. The molecule has 2 N–H and O–H groups in total. The third-order valence-corrected chi connectivity index (χ3v) is 9.03. The van der Waals surface area contributed by atoms with Crippen molar-refractivity contribution in [1.82, 2.24) is 10.2 Å². The van der Waals surface area contributed by atoms with Crippen LogP contribution in [0.2, 0.25) is 0 Å². The van der Waals surface area contributed by atoms with Crippen molar-refractivity contribution in [2.75, 3.05) is 14.2 Å². The van der Waals surface area contributed by atoms with E-state index in [0.29, 0.717) is 12.0 Å². The molecule has 2 heterocycles. The van der Waals surface area contributed by atoms with E-state index >= 15 is 0 Å². The number of hydrogen-bond donors (Lipinski definition) is 2. The fraction of sp³-hybridized carbons (Fsp3) is 0.417. The zero-order valence-electron chi connectivity index (χ0n) is 18.4. The number of carbonyl (C=O) groups is 4. The summed E-state index contributed by atoms with van der Waals surface area (Å²) in [7, 11) is 2.77. The number of phenolic OH excluding ortho intramolecular Hbond substituents is 1. The molecule has 4 aliphatic rings. The number of alkyl halides is 2. The second-order valence-corrected chi connectivity index (χ2v) is 10.4. The Kier molecular flexibility index (Phi) is 5.11. The van der Waals surface area contributed by atoms with Gasteiger partial charge in [-0.15, -0.1) is 23.2 Å². The summed E-state index contributed by atoms with van der Waals surface area (Å²) in [6, 6.07) is 4.75. The highest BCUT2D eigenvalue weighted by Gasteiger charge is 2.74. The lowest BCUT2D eigenvalue weighted by Gasteiger charge is -2.49. The van der Waals surface area contributed by atoms with Crippen LogP contribution in [0.5, 0.6) is 11.5 Å². The quantitative estimate of drug-likeness (QED) is 0.370. The number of imide groups is 2.